The highest BCUT2D eigenvalue weighted by Gasteiger charge is 2.28. The molecule has 2 aliphatic heterocycles. The Morgan fingerprint density at radius 2 is 1.93 bits per heavy atom. The summed E-state index contributed by atoms with van der Waals surface area (Å²) in [5.41, 5.74) is 2.26. The number of likely N-dealkylation sites (tertiary alicyclic amines) is 1. The van der Waals surface area contributed by atoms with Gasteiger partial charge in [-0.3, -0.25) is 4.90 Å². The zero-order chi connectivity index (χ0) is 20.7. The fourth-order valence-electron chi connectivity index (χ4n) is 4.24. The number of aromatic nitrogens is 3. The first-order valence-electron chi connectivity index (χ1n) is 10.1. The monoisotopic (exact) mass is 424 g/mol. The number of nitrogens with zero attached hydrogens (tertiary/aromatic N) is 4. The zero-order valence-corrected chi connectivity index (χ0v) is 17.9. The second-order valence-electron chi connectivity index (χ2n) is 7.62. The van der Waals surface area contributed by atoms with Crippen molar-refractivity contribution in [3.63, 3.8) is 0 Å². The van der Waals surface area contributed by atoms with Crippen molar-refractivity contribution < 1.29 is 14.2 Å². The summed E-state index contributed by atoms with van der Waals surface area (Å²) in [6.07, 6.45) is 2.25. The molecule has 1 fully saturated rings. The largest absolute Gasteiger partial charge is 0.497 e. The van der Waals surface area contributed by atoms with Gasteiger partial charge in [-0.05, 0) is 67.0 Å². The van der Waals surface area contributed by atoms with Gasteiger partial charge >= 0.3 is 0 Å². The average Bonchev–Trinajstić information content (AvgIpc) is 3.49. The Morgan fingerprint density at radius 3 is 2.73 bits per heavy atom. The molecule has 2 aromatic carbocycles. The molecule has 7 nitrogen and oxygen atoms in total. The molecule has 0 amide bonds. The molecular weight excluding hydrogens is 400 g/mol. The van der Waals surface area contributed by atoms with Crippen molar-refractivity contribution in [3.8, 4) is 28.6 Å². The van der Waals surface area contributed by atoms with Crippen LogP contribution in [0.15, 0.2) is 42.5 Å². The highest BCUT2D eigenvalue weighted by molar-refractivity contribution is 7.71. The smallest absolute Gasteiger partial charge is 0.231 e. The Kier molecular flexibility index (Phi) is 4.96. The van der Waals surface area contributed by atoms with Crippen molar-refractivity contribution >= 4 is 12.2 Å². The van der Waals surface area contributed by atoms with Crippen molar-refractivity contribution in [1.29, 1.82) is 0 Å². The molecule has 30 heavy (non-hydrogen) atoms. The summed E-state index contributed by atoms with van der Waals surface area (Å²) in [6.45, 7) is 1.96. The molecule has 3 aromatic rings. The van der Waals surface area contributed by atoms with Gasteiger partial charge in [0.2, 0.25) is 6.79 Å². The van der Waals surface area contributed by atoms with Gasteiger partial charge in [0.1, 0.15) is 5.75 Å². The lowest BCUT2D eigenvalue weighted by Crippen LogP contribution is -2.27. The van der Waals surface area contributed by atoms with Crippen LogP contribution >= 0.6 is 12.2 Å². The van der Waals surface area contributed by atoms with Gasteiger partial charge in [-0.15, -0.1) is 0 Å². The van der Waals surface area contributed by atoms with E-state index in [4.69, 9.17) is 31.5 Å². The van der Waals surface area contributed by atoms with Crippen LogP contribution in [0, 0.1) is 4.77 Å². The minimum atomic E-state index is 0.296. The van der Waals surface area contributed by atoms with Gasteiger partial charge in [0.15, 0.2) is 22.1 Å². The van der Waals surface area contributed by atoms with E-state index >= 15 is 0 Å². The van der Waals surface area contributed by atoms with Crippen LogP contribution in [0.3, 0.4) is 0 Å². The average molecular weight is 425 g/mol. The Morgan fingerprint density at radius 1 is 1.13 bits per heavy atom. The summed E-state index contributed by atoms with van der Waals surface area (Å²) in [4.78, 5) is 2.43. The topological polar surface area (TPSA) is 53.7 Å². The highest BCUT2D eigenvalue weighted by Crippen LogP contribution is 2.39. The molecule has 0 radical (unpaired) electrons. The van der Waals surface area contributed by atoms with E-state index in [1.54, 1.807) is 7.11 Å². The Hall–Kier alpha value is -2.84. The third kappa shape index (κ3) is 3.36. The first-order valence-corrected chi connectivity index (χ1v) is 10.5. The van der Waals surface area contributed by atoms with Crippen LogP contribution < -0.4 is 14.2 Å². The van der Waals surface area contributed by atoms with Crippen molar-refractivity contribution in [2.75, 3.05) is 20.4 Å². The maximum atomic E-state index is 5.69. The Balaban J connectivity index is 1.40. The minimum absolute atomic E-state index is 0.296. The first-order chi connectivity index (χ1) is 14.6. The molecule has 1 unspecified atom stereocenters. The number of hydrogen-bond donors (Lipinski definition) is 0. The summed E-state index contributed by atoms with van der Waals surface area (Å²) in [5.74, 6) is 3.32. The van der Waals surface area contributed by atoms with Gasteiger partial charge in [0.25, 0.3) is 0 Å². The number of benzene rings is 2. The molecule has 156 valence electrons. The fourth-order valence-corrected chi connectivity index (χ4v) is 4.42. The van der Waals surface area contributed by atoms with Gasteiger partial charge in [-0.1, -0.05) is 6.07 Å². The molecule has 8 heteroatoms. The molecule has 2 aliphatic rings. The van der Waals surface area contributed by atoms with Crippen molar-refractivity contribution in [1.82, 2.24) is 19.2 Å². The molecule has 0 N–H and O–H groups in total. The number of methoxy groups -OCH3 is 1. The summed E-state index contributed by atoms with van der Waals surface area (Å²) in [6, 6.07) is 14.4. The maximum Gasteiger partial charge on any atom is 0.231 e. The molecule has 0 spiro atoms. The number of rotatable bonds is 5. The summed E-state index contributed by atoms with van der Waals surface area (Å²) in [7, 11) is 3.63. The van der Waals surface area contributed by atoms with Crippen molar-refractivity contribution in [2.45, 2.75) is 25.6 Å². The fraction of sp³-hybridized carbons (Fsp3) is 0.364. The minimum Gasteiger partial charge on any atom is -0.497 e. The molecule has 0 aliphatic carbocycles. The number of hydrogen-bond acceptors (Lipinski definition) is 6. The van der Waals surface area contributed by atoms with Crippen LogP contribution in [0.4, 0.5) is 0 Å². The lowest BCUT2D eigenvalue weighted by Gasteiger charge is -2.24. The highest BCUT2D eigenvalue weighted by atomic mass is 32.1. The Labute approximate surface area is 180 Å². The molecule has 5 rings (SSSR count). The van der Waals surface area contributed by atoms with Gasteiger partial charge in [0, 0.05) is 25.2 Å². The third-order valence-corrected chi connectivity index (χ3v) is 6.33. The number of ether oxygens (including phenoxy) is 3. The molecule has 1 aromatic heterocycles. The lowest BCUT2D eigenvalue weighted by atomic mass is 10.0. The van der Waals surface area contributed by atoms with Crippen LogP contribution in [0.25, 0.3) is 11.4 Å². The van der Waals surface area contributed by atoms with Crippen LogP contribution in [-0.2, 0) is 13.7 Å². The SMILES string of the molecule is COc1ccc(-c2nn(CN3CCCC3c3ccc4c(c3)OCO4)c(=S)n2C)cc1. The molecular formula is C22H24N4O3S. The summed E-state index contributed by atoms with van der Waals surface area (Å²) < 4.78 is 20.9. The van der Waals surface area contributed by atoms with Gasteiger partial charge in [-0.25, -0.2) is 4.68 Å². The second-order valence-corrected chi connectivity index (χ2v) is 7.98. The van der Waals surface area contributed by atoms with Crippen molar-refractivity contribution in [2.24, 2.45) is 7.05 Å². The Bertz CT molecular complexity index is 1120. The van der Waals surface area contributed by atoms with E-state index in [1.165, 1.54) is 5.56 Å². The van der Waals surface area contributed by atoms with Gasteiger partial charge in [-0.2, -0.15) is 5.10 Å². The maximum absolute atomic E-state index is 5.69. The van der Waals surface area contributed by atoms with Gasteiger partial charge < -0.3 is 18.8 Å². The van der Waals surface area contributed by atoms with E-state index in [-0.39, 0.29) is 0 Å². The summed E-state index contributed by atoms with van der Waals surface area (Å²) >= 11 is 5.69. The predicted octanol–water partition coefficient (Wildman–Crippen LogP) is 4.15. The second kappa shape index (κ2) is 7.77. The zero-order valence-electron chi connectivity index (χ0n) is 17.1. The summed E-state index contributed by atoms with van der Waals surface area (Å²) in [5, 5.41) is 4.83. The molecule has 0 bridgehead atoms. The van der Waals surface area contributed by atoms with Gasteiger partial charge in [0.05, 0.1) is 13.8 Å². The molecule has 0 saturated carbocycles. The van der Waals surface area contributed by atoms with E-state index in [2.05, 4.69) is 17.0 Å². The van der Waals surface area contributed by atoms with Crippen molar-refractivity contribution in [3.05, 3.63) is 52.8 Å². The van der Waals surface area contributed by atoms with Crippen LogP contribution in [0.5, 0.6) is 17.2 Å². The van der Waals surface area contributed by atoms with Crippen LogP contribution in [0.2, 0.25) is 0 Å². The molecule has 3 heterocycles. The molecule has 1 saturated heterocycles. The van der Waals surface area contributed by atoms with E-state index in [0.717, 1.165) is 48.0 Å². The number of fused-ring (bicyclic) bond motifs is 1. The van der Waals surface area contributed by atoms with E-state index in [9.17, 15) is 0 Å². The van der Waals surface area contributed by atoms with Crippen LogP contribution in [0.1, 0.15) is 24.4 Å². The predicted molar refractivity (Wildman–Crippen MR) is 115 cm³/mol. The lowest BCUT2D eigenvalue weighted by molar-refractivity contribution is 0.173. The van der Waals surface area contributed by atoms with Crippen LogP contribution in [-0.4, -0.2) is 39.7 Å². The third-order valence-electron chi connectivity index (χ3n) is 5.85. The normalized spacial score (nSPS) is 18.1. The van der Waals surface area contributed by atoms with E-state index < -0.39 is 0 Å². The standard InChI is InChI=1S/C22H24N4O3S/c1-24-21(15-5-8-17(27-2)9-6-15)23-26(22(24)30)13-25-11-3-4-18(25)16-7-10-19-20(12-16)29-14-28-19/h5-10,12,18H,3-4,11,13-14H2,1-2H3. The quantitative estimate of drug-likeness (QED) is 0.574. The van der Waals surface area contributed by atoms with E-state index in [1.807, 2.05) is 46.6 Å². The van der Waals surface area contributed by atoms with E-state index in [0.29, 0.717) is 24.3 Å². The molecule has 1 atom stereocenters. The first kappa shape index (κ1) is 19.1.